The number of thiazole rings is 1. The minimum Gasteiger partial charge on any atom is -0.372 e. The highest BCUT2D eigenvalue weighted by atomic mass is 32.1. The maximum Gasteiger partial charge on any atom is 0.418 e. The summed E-state index contributed by atoms with van der Waals surface area (Å²) >= 11 is 0.991. The van der Waals surface area contributed by atoms with E-state index in [9.17, 15) is 18.0 Å². The van der Waals surface area contributed by atoms with Gasteiger partial charge in [-0.25, -0.2) is 4.98 Å². The molecular formula is C12H11F3N2O2S. The number of fused-ring (bicyclic) bond motifs is 1. The van der Waals surface area contributed by atoms with Gasteiger partial charge in [0.05, 0.1) is 15.8 Å². The lowest BCUT2D eigenvalue weighted by Gasteiger charge is -2.06. The van der Waals surface area contributed by atoms with Crippen LogP contribution >= 0.6 is 11.3 Å². The van der Waals surface area contributed by atoms with Gasteiger partial charge in [0.1, 0.15) is 6.61 Å². The van der Waals surface area contributed by atoms with Crippen LogP contribution in [0.25, 0.3) is 10.2 Å². The zero-order chi connectivity index (χ0) is 14.8. The summed E-state index contributed by atoms with van der Waals surface area (Å²) in [6.07, 6.45) is -4.47. The quantitative estimate of drug-likeness (QED) is 0.943. The van der Waals surface area contributed by atoms with Crippen molar-refractivity contribution in [3.05, 3.63) is 23.8 Å². The van der Waals surface area contributed by atoms with Crippen LogP contribution in [-0.2, 0) is 15.7 Å². The number of rotatable bonds is 4. The number of nitrogens with one attached hydrogen (secondary N) is 1. The SMILES string of the molecule is CCOCC(=O)Nc1nc2c(C(F)(F)F)cccc2s1. The van der Waals surface area contributed by atoms with Crippen LogP contribution in [-0.4, -0.2) is 24.1 Å². The van der Waals surface area contributed by atoms with E-state index in [1.807, 2.05) is 0 Å². The highest BCUT2D eigenvalue weighted by Crippen LogP contribution is 2.37. The van der Waals surface area contributed by atoms with Crippen LogP contribution in [0.5, 0.6) is 0 Å². The predicted molar refractivity (Wildman–Crippen MR) is 69.7 cm³/mol. The smallest absolute Gasteiger partial charge is 0.372 e. The Morgan fingerprint density at radius 2 is 2.20 bits per heavy atom. The molecule has 1 heterocycles. The van der Waals surface area contributed by atoms with Crippen molar-refractivity contribution < 1.29 is 22.7 Å². The van der Waals surface area contributed by atoms with E-state index < -0.39 is 17.6 Å². The van der Waals surface area contributed by atoms with Gasteiger partial charge in [0.15, 0.2) is 5.13 Å². The number of hydrogen-bond donors (Lipinski definition) is 1. The number of carbonyl (C=O) groups excluding carboxylic acids is 1. The number of carbonyl (C=O) groups is 1. The van der Waals surface area contributed by atoms with Crippen molar-refractivity contribution in [2.24, 2.45) is 0 Å². The Kier molecular flexibility index (Phi) is 4.24. The number of nitrogens with zero attached hydrogens (tertiary/aromatic N) is 1. The first-order valence-corrected chi connectivity index (χ1v) is 6.58. The van der Waals surface area contributed by atoms with E-state index in [0.29, 0.717) is 11.3 Å². The molecule has 0 bridgehead atoms. The van der Waals surface area contributed by atoms with Crippen LogP contribution in [0, 0.1) is 0 Å². The van der Waals surface area contributed by atoms with Gasteiger partial charge in [-0.1, -0.05) is 17.4 Å². The molecule has 1 N–H and O–H groups in total. The molecule has 2 rings (SSSR count). The Hall–Kier alpha value is -1.67. The molecule has 0 fully saturated rings. The molecule has 0 aliphatic carbocycles. The second-order valence-electron chi connectivity index (χ2n) is 3.85. The molecule has 0 unspecified atom stereocenters. The molecular weight excluding hydrogens is 293 g/mol. The zero-order valence-electron chi connectivity index (χ0n) is 10.5. The third kappa shape index (κ3) is 3.26. The minimum atomic E-state index is -4.47. The standard InChI is InChI=1S/C12H11F3N2O2S/c1-2-19-6-9(18)16-11-17-10-7(12(13,14)15)4-3-5-8(10)20-11/h3-5H,2,6H2,1H3,(H,16,17,18). The maximum atomic E-state index is 12.8. The van der Waals surface area contributed by atoms with Crippen molar-refractivity contribution in [3.63, 3.8) is 0 Å². The van der Waals surface area contributed by atoms with Crippen molar-refractivity contribution in [1.82, 2.24) is 4.98 Å². The minimum absolute atomic E-state index is 0.126. The van der Waals surface area contributed by atoms with E-state index in [1.54, 1.807) is 6.92 Å². The average Bonchev–Trinajstić information content (AvgIpc) is 2.76. The molecule has 20 heavy (non-hydrogen) atoms. The number of aromatic nitrogens is 1. The molecule has 0 radical (unpaired) electrons. The van der Waals surface area contributed by atoms with Crippen molar-refractivity contribution in [2.45, 2.75) is 13.1 Å². The van der Waals surface area contributed by atoms with Gasteiger partial charge >= 0.3 is 6.18 Å². The maximum absolute atomic E-state index is 12.8. The summed E-state index contributed by atoms with van der Waals surface area (Å²) < 4.78 is 43.7. The van der Waals surface area contributed by atoms with Crippen LogP contribution in [0.3, 0.4) is 0 Å². The number of ether oxygens (including phenoxy) is 1. The van der Waals surface area contributed by atoms with E-state index in [2.05, 4.69) is 10.3 Å². The average molecular weight is 304 g/mol. The summed E-state index contributed by atoms with van der Waals surface area (Å²) in [6.45, 7) is 1.96. The van der Waals surface area contributed by atoms with Crippen LogP contribution in [0.2, 0.25) is 0 Å². The Balaban J connectivity index is 2.28. The summed E-state index contributed by atoms with van der Waals surface area (Å²) in [5, 5.41) is 2.55. The van der Waals surface area contributed by atoms with E-state index in [4.69, 9.17) is 4.74 Å². The van der Waals surface area contributed by atoms with Gasteiger partial charge in [0.25, 0.3) is 5.91 Å². The zero-order valence-corrected chi connectivity index (χ0v) is 11.3. The normalized spacial score (nSPS) is 11.8. The highest BCUT2D eigenvalue weighted by Gasteiger charge is 2.33. The molecule has 0 saturated heterocycles. The van der Waals surface area contributed by atoms with Gasteiger partial charge in [-0.3, -0.25) is 10.1 Å². The number of alkyl halides is 3. The fourth-order valence-electron chi connectivity index (χ4n) is 1.58. The number of amides is 1. The van der Waals surface area contributed by atoms with Crippen LogP contribution in [0.15, 0.2) is 18.2 Å². The number of para-hydroxylation sites is 1. The van der Waals surface area contributed by atoms with Gasteiger partial charge in [0.2, 0.25) is 0 Å². The van der Waals surface area contributed by atoms with Crippen LogP contribution in [0.1, 0.15) is 12.5 Å². The Morgan fingerprint density at radius 3 is 2.85 bits per heavy atom. The molecule has 108 valence electrons. The molecule has 4 nitrogen and oxygen atoms in total. The third-order valence-electron chi connectivity index (χ3n) is 2.41. The van der Waals surface area contributed by atoms with E-state index in [0.717, 1.165) is 17.4 Å². The summed E-state index contributed by atoms with van der Waals surface area (Å²) in [6, 6.07) is 3.81. The second kappa shape index (κ2) is 5.76. The summed E-state index contributed by atoms with van der Waals surface area (Å²) in [7, 11) is 0. The molecule has 0 saturated carbocycles. The van der Waals surface area contributed by atoms with Gasteiger partial charge < -0.3 is 4.74 Å². The Bertz CT molecular complexity index is 625. The molecule has 1 aromatic carbocycles. The monoisotopic (exact) mass is 304 g/mol. The van der Waals surface area contributed by atoms with E-state index >= 15 is 0 Å². The largest absolute Gasteiger partial charge is 0.418 e. The van der Waals surface area contributed by atoms with Crippen molar-refractivity contribution in [2.75, 3.05) is 18.5 Å². The number of benzene rings is 1. The molecule has 0 atom stereocenters. The number of halogens is 3. The predicted octanol–water partition coefficient (Wildman–Crippen LogP) is 3.29. The number of hydrogen-bond acceptors (Lipinski definition) is 4. The lowest BCUT2D eigenvalue weighted by atomic mass is 10.2. The Labute approximate surface area is 116 Å². The van der Waals surface area contributed by atoms with Crippen molar-refractivity contribution >= 4 is 32.6 Å². The summed E-state index contributed by atoms with van der Waals surface area (Å²) in [5.74, 6) is -0.445. The summed E-state index contributed by atoms with van der Waals surface area (Å²) in [5.41, 5.74) is -0.965. The fraction of sp³-hybridized carbons (Fsp3) is 0.333. The van der Waals surface area contributed by atoms with Crippen molar-refractivity contribution in [3.8, 4) is 0 Å². The van der Waals surface area contributed by atoms with Gasteiger partial charge in [0, 0.05) is 6.61 Å². The van der Waals surface area contributed by atoms with Gasteiger partial charge in [-0.2, -0.15) is 13.2 Å². The molecule has 8 heteroatoms. The van der Waals surface area contributed by atoms with Gasteiger partial charge in [-0.05, 0) is 19.1 Å². The first-order valence-electron chi connectivity index (χ1n) is 5.76. The first kappa shape index (κ1) is 14.7. The van der Waals surface area contributed by atoms with Crippen LogP contribution in [0.4, 0.5) is 18.3 Å². The molecule has 1 amide bonds. The third-order valence-corrected chi connectivity index (χ3v) is 3.34. The Morgan fingerprint density at radius 1 is 1.45 bits per heavy atom. The van der Waals surface area contributed by atoms with Crippen LogP contribution < -0.4 is 5.32 Å². The lowest BCUT2D eigenvalue weighted by molar-refractivity contribution is -0.136. The molecule has 0 aliphatic rings. The lowest BCUT2D eigenvalue weighted by Crippen LogP contribution is -2.18. The molecule has 1 aromatic heterocycles. The number of anilines is 1. The topological polar surface area (TPSA) is 51.2 Å². The van der Waals surface area contributed by atoms with Gasteiger partial charge in [-0.15, -0.1) is 0 Å². The molecule has 0 aliphatic heterocycles. The first-order chi connectivity index (χ1) is 9.41. The van der Waals surface area contributed by atoms with E-state index in [1.165, 1.54) is 12.1 Å². The second-order valence-corrected chi connectivity index (χ2v) is 4.89. The summed E-state index contributed by atoms with van der Waals surface area (Å²) in [4.78, 5) is 15.3. The van der Waals surface area contributed by atoms with E-state index in [-0.39, 0.29) is 17.3 Å². The van der Waals surface area contributed by atoms with Crippen molar-refractivity contribution in [1.29, 1.82) is 0 Å². The highest BCUT2D eigenvalue weighted by molar-refractivity contribution is 7.22. The molecule has 0 spiro atoms. The fourth-order valence-corrected chi connectivity index (χ4v) is 2.49. The molecule has 2 aromatic rings.